The smallest absolute Gasteiger partial charge is 0.227 e. The van der Waals surface area contributed by atoms with E-state index >= 15 is 0 Å². The van der Waals surface area contributed by atoms with E-state index in [2.05, 4.69) is 38.0 Å². The van der Waals surface area contributed by atoms with Gasteiger partial charge in [-0.15, -0.1) is 0 Å². The van der Waals surface area contributed by atoms with Gasteiger partial charge in [0.2, 0.25) is 5.95 Å². The van der Waals surface area contributed by atoms with Crippen molar-refractivity contribution in [2.24, 2.45) is 0 Å². The molecule has 2 N–H and O–H groups in total. The van der Waals surface area contributed by atoms with Crippen LogP contribution in [-0.4, -0.2) is 55.0 Å². The summed E-state index contributed by atoms with van der Waals surface area (Å²) in [5.41, 5.74) is 3.45. The lowest BCUT2D eigenvalue weighted by Gasteiger charge is -2.35. The molecule has 2 aliphatic rings. The van der Waals surface area contributed by atoms with Gasteiger partial charge < -0.3 is 15.3 Å². The number of nitrogens with one attached hydrogen (secondary N) is 1. The zero-order valence-electron chi connectivity index (χ0n) is 19.0. The van der Waals surface area contributed by atoms with Crippen molar-refractivity contribution in [3.05, 3.63) is 40.8 Å². The van der Waals surface area contributed by atoms with E-state index in [4.69, 9.17) is 16.6 Å². The van der Waals surface area contributed by atoms with Crippen LogP contribution in [0.4, 0.5) is 11.6 Å². The van der Waals surface area contributed by atoms with Crippen LogP contribution in [0.25, 0.3) is 10.9 Å². The molecule has 1 aliphatic carbocycles. The van der Waals surface area contributed by atoms with Crippen LogP contribution in [0.15, 0.2) is 24.5 Å². The van der Waals surface area contributed by atoms with Gasteiger partial charge in [-0.1, -0.05) is 11.6 Å². The first-order valence-electron chi connectivity index (χ1n) is 11.5. The first kappa shape index (κ1) is 21.6. The van der Waals surface area contributed by atoms with Gasteiger partial charge in [0, 0.05) is 23.2 Å². The molecule has 3 aromatic rings. The van der Waals surface area contributed by atoms with Gasteiger partial charge in [0.25, 0.3) is 0 Å². The number of halogens is 1. The zero-order chi connectivity index (χ0) is 22.5. The number of nitrogens with zero attached hydrogens (tertiary/aromatic N) is 5. The third-order valence-corrected chi connectivity index (χ3v) is 6.85. The molecule has 0 radical (unpaired) electrons. The maximum Gasteiger partial charge on any atom is 0.227 e. The number of β-amino-alcohol motifs (C(OH)–C–C–N with tert-alkyl or cyclic N) is 1. The minimum atomic E-state index is -0.665. The zero-order valence-corrected chi connectivity index (χ0v) is 19.7. The minimum Gasteiger partial charge on any atom is -0.389 e. The monoisotopic (exact) mass is 454 g/mol. The fraction of sp³-hybridized carbons (Fsp3) is 0.542. The summed E-state index contributed by atoms with van der Waals surface area (Å²) >= 11 is 6.67. The van der Waals surface area contributed by atoms with Crippen LogP contribution in [0.2, 0.25) is 5.02 Å². The molecule has 0 bridgehead atoms. The molecule has 8 heteroatoms. The van der Waals surface area contributed by atoms with Gasteiger partial charge in [-0.2, -0.15) is 5.10 Å². The van der Waals surface area contributed by atoms with Gasteiger partial charge in [-0.25, -0.2) is 9.97 Å². The normalized spacial score (nSPS) is 18.4. The number of likely N-dealkylation sites (tertiary alicyclic amines) is 1. The van der Waals surface area contributed by atoms with Crippen molar-refractivity contribution in [3.8, 4) is 0 Å². The predicted octanol–water partition coefficient (Wildman–Crippen LogP) is 4.82. The molecule has 0 atom stereocenters. The molecule has 1 aromatic carbocycles. The van der Waals surface area contributed by atoms with Crippen LogP contribution in [0.1, 0.15) is 62.7 Å². The van der Waals surface area contributed by atoms with E-state index in [1.165, 1.54) is 12.8 Å². The summed E-state index contributed by atoms with van der Waals surface area (Å²) in [6.45, 7) is 8.43. The average molecular weight is 455 g/mol. The number of anilines is 2. The van der Waals surface area contributed by atoms with Crippen molar-refractivity contribution in [3.63, 3.8) is 0 Å². The Morgan fingerprint density at radius 1 is 1.16 bits per heavy atom. The van der Waals surface area contributed by atoms with Gasteiger partial charge in [0.15, 0.2) is 0 Å². The molecule has 5 rings (SSSR count). The van der Waals surface area contributed by atoms with Gasteiger partial charge in [-0.05, 0) is 83.2 Å². The highest BCUT2D eigenvalue weighted by atomic mass is 35.5. The number of fused-ring (bicyclic) bond motifs is 1. The fourth-order valence-electron chi connectivity index (χ4n) is 4.74. The van der Waals surface area contributed by atoms with Crippen molar-refractivity contribution < 1.29 is 5.11 Å². The molecule has 1 saturated carbocycles. The van der Waals surface area contributed by atoms with Crippen LogP contribution < -0.4 is 5.32 Å². The summed E-state index contributed by atoms with van der Waals surface area (Å²) in [7, 11) is 0. The highest BCUT2D eigenvalue weighted by Gasteiger charge is 2.27. The van der Waals surface area contributed by atoms with Crippen molar-refractivity contribution in [2.75, 3.05) is 25.0 Å². The van der Waals surface area contributed by atoms with Crippen LogP contribution in [0.5, 0.6) is 0 Å². The Hall–Kier alpha value is -2.22. The second-order valence-corrected chi connectivity index (χ2v) is 10.3. The molecule has 1 saturated heterocycles. The maximum atomic E-state index is 10.1. The number of hydrogen-bond acceptors (Lipinski definition) is 6. The lowest BCUT2D eigenvalue weighted by molar-refractivity contribution is 0.0282. The Labute approximate surface area is 193 Å². The highest BCUT2D eigenvalue weighted by molar-refractivity contribution is 6.32. The first-order chi connectivity index (χ1) is 15.3. The third kappa shape index (κ3) is 4.60. The van der Waals surface area contributed by atoms with E-state index in [-0.39, 0.29) is 0 Å². The molecule has 0 unspecified atom stereocenters. The summed E-state index contributed by atoms with van der Waals surface area (Å²) in [5, 5.41) is 19.7. The molecule has 0 amide bonds. The summed E-state index contributed by atoms with van der Waals surface area (Å²) in [5.74, 6) is 0.972. The minimum absolute atomic E-state index is 0.398. The number of aliphatic hydroxyl groups is 1. The van der Waals surface area contributed by atoms with E-state index in [1.54, 1.807) is 0 Å². The van der Waals surface area contributed by atoms with Crippen LogP contribution in [-0.2, 0) is 0 Å². The van der Waals surface area contributed by atoms with Crippen molar-refractivity contribution in [2.45, 2.75) is 64.0 Å². The lowest BCUT2D eigenvalue weighted by Crippen LogP contribution is -2.42. The van der Waals surface area contributed by atoms with Gasteiger partial charge in [0.05, 0.1) is 34.7 Å². The summed E-state index contributed by atoms with van der Waals surface area (Å²) in [4.78, 5) is 11.6. The molecule has 2 fully saturated rings. The molecule has 32 heavy (non-hydrogen) atoms. The van der Waals surface area contributed by atoms with Gasteiger partial charge in [0.1, 0.15) is 0 Å². The van der Waals surface area contributed by atoms with Crippen LogP contribution >= 0.6 is 11.6 Å². The average Bonchev–Trinajstić information content (AvgIpc) is 3.51. The second kappa shape index (κ2) is 8.28. The fourth-order valence-corrected chi connectivity index (χ4v) is 5.07. The number of piperidine rings is 1. The quantitative estimate of drug-likeness (QED) is 0.556. The molecule has 2 aromatic heterocycles. The molecule has 170 valence electrons. The Morgan fingerprint density at radius 3 is 2.59 bits per heavy atom. The molecule has 7 nitrogen and oxygen atoms in total. The van der Waals surface area contributed by atoms with E-state index in [9.17, 15) is 5.11 Å². The topological polar surface area (TPSA) is 79.1 Å². The molecular formula is C24H31ClN6O. The van der Waals surface area contributed by atoms with E-state index in [0.717, 1.165) is 58.8 Å². The Morgan fingerprint density at radius 2 is 1.91 bits per heavy atom. The third-order valence-electron chi connectivity index (χ3n) is 6.52. The number of hydrogen-bond donors (Lipinski definition) is 2. The molecular weight excluding hydrogens is 424 g/mol. The van der Waals surface area contributed by atoms with Gasteiger partial charge >= 0.3 is 0 Å². The van der Waals surface area contributed by atoms with Gasteiger partial charge in [-0.3, -0.25) is 4.68 Å². The van der Waals surface area contributed by atoms with Crippen molar-refractivity contribution in [1.29, 1.82) is 0 Å². The summed E-state index contributed by atoms with van der Waals surface area (Å²) in [6, 6.07) is 4.65. The number of rotatable bonds is 6. The molecule has 0 spiro atoms. The maximum absolute atomic E-state index is 10.1. The van der Waals surface area contributed by atoms with Crippen LogP contribution in [0, 0.1) is 6.92 Å². The van der Waals surface area contributed by atoms with E-state index < -0.39 is 5.60 Å². The summed E-state index contributed by atoms with van der Waals surface area (Å²) < 4.78 is 2.09. The van der Waals surface area contributed by atoms with Crippen molar-refractivity contribution in [1.82, 2.24) is 24.6 Å². The molecule has 3 heterocycles. The lowest BCUT2D eigenvalue weighted by atomic mass is 9.88. The number of benzene rings is 1. The Kier molecular flexibility index (Phi) is 5.60. The largest absolute Gasteiger partial charge is 0.389 e. The summed E-state index contributed by atoms with van der Waals surface area (Å²) in [6.07, 6.45) is 8.14. The Balaban J connectivity index is 1.34. The van der Waals surface area contributed by atoms with E-state index in [1.807, 2.05) is 32.3 Å². The standard InChI is InChI=1S/C24H31ClN6O/c1-15-22(13-27-31(15)18-4-5-18)29-23-26-12-17-10-20(25)19(11-21(17)28-23)16-6-8-30(9-7-16)14-24(2,3)32/h10-13,16,18,32H,4-9,14H2,1-3H3,(H,26,28,29). The number of aromatic nitrogens is 4. The van der Waals surface area contributed by atoms with Crippen LogP contribution in [0.3, 0.4) is 0 Å². The SMILES string of the molecule is Cc1c(Nc2ncc3cc(Cl)c(C4CCN(CC(C)(C)O)CC4)cc3n2)cnn1C1CC1. The predicted molar refractivity (Wildman–Crippen MR) is 128 cm³/mol. The van der Waals surface area contributed by atoms with Crippen molar-refractivity contribution >= 4 is 34.1 Å². The molecule has 1 aliphatic heterocycles. The van der Waals surface area contributed by atoms with E-state index in [0.29, 0.717) is 24.5 Å². The highest BCUT2D eigenvalue weighted by Crippen LogP contribution is 2.37. The first-order valence-corrected chi connectivity index (χ1v) is 11.9. The second-order valence-electron chi connectivity index (χ2n) is 9.93. The Bertz CT molecular complexity index is 1130.